The van der Waals surface area contributed by atoms with Crippen molar-refractivity contribution in [1.29, 1.82) is 0 Å². The monoisotopic (exact) mass is 215 g/mol. The summed E-state index contributed by atoms with van der Waals surface area (Å²) in [6.07, 6.45) is 0.225. The van der Waals surface area contributed by atoms with Gasteiger partial charge < -0.3 is 10.4 Å². The third-order valence-electron chi connectivity index (χ3n) is 2.38. The van der Waals surface area contributed by atoms with Crippen LogP contribution in [-0.2, 0) is 4.79 Å². The first kappa shape index (κ1) is 14.4. The molecule has 0 aliphatic carbocycles. The zero-order valence-corrected chi connectivity index (χ0v) is 10.8. The lowest BCUT2D eigenvalue weighted by Crippen LogP contribution is -2.38. The largest absolute Gasteiger partial charge is 0.393 e. The van der Waals surface area contributed by atoms with Crippen molar-refractivity contribution in [2.75, 3.05) is 6.54 Å². The summed E-state index contributed by atoms with van der Waals surface area (Å²) in [4.78, 5) is 11.5. The van der Waals surface area contributed by atoms with E-state index in [2.05, 4.69) is 5.32 Å². The van der Waals surface area contributed by atoms with Crippen LogP contribution in [-0.4, -0.2) is 23.7 Å². The summed E-state index contributed by atoms with van der Waals surface area (Å²) in [6.45, 7) is 12.1. The van der Waals surface area contributed by atoms with Gasteiger partial charge in [0.2, 0.25) is 5.91 Å². The number of nitrogens with one attached hydrogen (secondary N) is 1. The van der Waals surface area contributed by atoms with Crippen LogP contribution in [0.4, 0.5) is 0 Å². The highest BCUT2D eigenvalue weighted by Gasteiger charge is 2.24. The molecular weight excluding hydrogens is 190 g/mol. The van der Waals surface area contributed by atoms with E-state index in [1.807, 2.05) is 41.5 Å². The number of amides is 1. The van der Waals surface area contributed by atoms with Crippen molar-refractivity contribution in [1.82, 2.24) is 5.32 Å². The maximum absolute atomic E-state index is 11.5. The Labute approximate surface area is 93.3 Å². The van der Waals surface area contributed by atoms with Crippen LogP contribution in [0.1, 0.15) is 48.0 Å². The maximum atomic E-state index is 11.5. The smallest absolute Gasteiger partial charge is 0.225 e. The molecule has 0 bridgehead atoms. The Kier molecular flexibility index (Phi) is 4.78. The van der Waals surface area contributed by atoms with Gasteiger partial charge in [-0.25, -0.2) is 0 Å². The van der Waals surface area contributed by atoms with E-state index in [1.54, 1.807) is 0 Å². The normalized spacial score (nSPS) is 14.9. The summed E-state index contributed by atoms with van der Waals surface area (Å²) < 4.78 is 0. The number of rotatable bonds is 3. The van der Waals surface area contributed by atoms with Crippen LogP contribution in [0.3, 0.4) is 0 Å². The van der Waals surface area contributed by atoms with Gasteiger partial charge in [-0.1, -0.05) is 41.5 Å². The third kappa shape index (κ3) is 5.78. The fourth-order valence-electron chi connectivity index (χ4n) is 1.02. The summed E-state index contributed by atoms with van der Waals surface area (Å²) in [6, 6.07) is 0. The zero-order chi connectivity index (χ0) is 12.3. The van der Waals surface area contributed by atoms with Gasteiger partial charge in [0, 0.05) is 12.0 Å². The molecule has 90 valence electrons. The summed E-state index contributed by atoms with van der Waals surface area (Å²) >= 11 is 0. The SMILES string of the molecule is CC(C)(C)C(=O)NCC[C@H](O)C(C)(C)C. The third-order valence-corrected chi connectivity index (χ3v) is 2.38. The Balaban J connectivity index is 3.87. The fraction of sp³-hybridized carbons (Fsp3) is 0.917. The molecule has 2 N–H and O–H groups in total. The van der Waals surface area contributed by atoms with Gasteiger partial charge in [0.15, 0.2) is 0 Å². The van der Waals surface area contributed by atoms with Crippen molar-refractivity contribution >= 4 is 5.91 Å². The van der Waals surface area contributed by atoms with Gasteiger partial charge in [0.05, 0.1) is 6.10 Å². The molecule has 0 saturated heterocycles. The lowest BCUT2D eigenvalue weighted by atomic mass is 9.87. The molecule has 0 rings (SSSR count). The Bertz CT molecular complexity index is 211. The topological polar surface area (TPSA) is 49.3 Å². The summed E-state index contributed by atoms with van der Waals surface area (Å²) in [5.41, 5.74) is -0.473. The van der Waals surface area contributed by atoms with Crippen LogP contribution in [0.5, 0.6) is 0 Å². The molecule has 0 radical (unpaired) electrons. The van der Waals surface area contributed by atoms with Crippen molar-refractivity contribution in [3.8, 4) is 0 Å². The Hall–Kier alpha value is -0.570. The van der Waals surface area contributed by atoms with Crippen LogP contribution >= 0.6 is 0 Å². The highest BCUT2D eigenvalue weighted by atomic mass is 16.3. The van der Waals surface area contributed by atoms with Crippen LogP contribution in [0, 0.1) is 10.8 Å². The van der Waals surface area contributed by atoms with E-state index in [-0.39, 0.29) is 22.8 Å². The van der Waals surface area contributed by atoms with Gasteiger partial charge in [0.25, 0.3) is 0 Å². The summed E-state index contributed by atoms with van der Waals surface area (Å²) in [7, 11) is 0. The molecule has 1 amide bonds. The van der Waals surface area contributed by atoms with E-state index in [0.717, 1.165) is 0 Å². The molecule has 0 unspecified atom stereocenters. The second-order valence-corrected chi connectivity index (χ2v) is 6.18. The van der Waals surface area contributed by atoms with Crippen LogP contribution in [0.25, 0.3) is 0 Å². The first-order valence-corrected chi connectivity index (χ1v) is 5.51. The molecule has 0 saturated carbocycles. The van der Waals surface area contributed by atoms with Crippen molar-refractivity contribution < 1.29 is 9.90 Å². The number of carbonyl (C=O) groups excluding carboxylic acids is 1. The molecule has 0 fully saturated rings. The van der Waals surface area contributed by atoms with E-state index in [9.17, 15) is 9.90 Å². The van der Waals surface area contributed by atoms with E-state index in [1.165, 1.54) is 0 Å². The van der Waals surface area contributed by atoms with E-state index >= 15 is 0 Å². The first-order chi connectivity index (χ1) is 6.55. The van der Waals surface area contributed by atoms with Crippen LogP contribution in [0.15, 0.2) is 0 Å². The highest BCUT2D eigenvalue weighted by Crippen LogP contribution is 2.21. The van der Waals surface area contributed by atoms with Gasteiger partial charge in [0.1, 0.15) is 0 Å². The van der Waals surface area contributed by atoms with Gasteiger partial charge in [-0.3, -0.25) is 4.79 Å². The molecule has 3 heteroatoms. The molecule has 3 nitrogen and oxygen atoms in total. The van der Waals surface area contributed by atoms with Crippen molar-refractivity contribution in [2.45, 2.75) is 54.1 Å². The number of carbonyl (C=O) groups is 1. The minimum atomic E-state index is -0.377. The molecule has 15 heavy (non-hydrogen) atoms. The average Bonchev–Trinajstić information content (AvgIpc) is 2.00. The first-order valence-electron chi connectivity index (χ1n) is 5.51. The number of aliphatic hydroxyl groups excluding tert-OH is 1. The minimum absolute atomic E-state index is 0.0311. The van der Waals surface area contributed by atoms with Crippen LogP contribution < -0.4 is 5.32 Å². The molecule has 0 aliphatic heterocycles. The van der Waals surface area contributed by atoms with E-state index < -0.39 is 0 Å². The maximum Gasteiger partial charge on any atom is 0.225 e. The second-order valence-electron chi connectivity index (χ2n) is 6.18. The molecule has 0 aliphatic rings. The molecular formula is C12H25NO2. The van der Waals surface area contributed by atoms with Gasteiger partial charge >= 0.3 is 0 Å². The van der Waals surface area contributed by atoms with E-state index in [0.29, 0.717) is 13.0 Å². The van der Waals surface area contributed by atoms with Gasteiger partial charge in [-0.15, -0.1) is 0 Å². The summed E-state index contributed by atoms with van der Waals surface area (Å²) in [5, 5.41) is 12.6. The van der Waals surface area contributed by atoms with Crippen molar-refractivity contribution in [2.24, 2.45) is 10.8 Å². The molecule has 0 aromatic carbocycles. The quantitative estimate of drug-likeness (QED) is 0.756. The average molecular weight is 215 g/mol. The Morgan fingerprint density at radius 3 is 2.00 bits per heavy atom. The molecule has 0 aromatic heterocycles. The summed E-state index contributed by atoms with van der Waals surface area (Å²) in [5.74, 6) is 0.0311. The standard InChI is InChI=1S/C12H25NO2/c1-11(2,3)9(14)7-8-13-10(15)12(4,5)6/h9,14H,7-8H2,1-6H3,(H,13,15)/t9-/m0/s1. The second kappa shape index (κ2) is 4.97. The van der Waals surface area contributed by atoms with Crippen LogP contribution in [0.2, 0.25) is 0 Å². The lowest BCUT2D eigenvalue weighted by molar-refractivity contribution is -0.128. The fourth-order valence-corrected chi connectivity index (χ4v) is 1.02. The number of hydrogen-bond donors (Lipinski definition) is 2. The minimum Gasteiger partial charge on any atom is -0.393 e. The highest BCUT2D eigenvalue weighted by molar-refractivity contribution is 5.81. The number of aliphatic hydroxyl groups is 1. The number of hydrogen-bond acceptors (Lipinski definition) is 2. The Morgan fingerprint density at radius 1 is 1.20 bits per heavy atom. The molecule has 0 spiro atoms. The van der Waals surface area contributed by atoms with Gasteiger partial charge in [-0.05, 0) is 11.8 Å². The van der Waals surface area contributed by atoms with Gasteiger partial charge in [-0.2, -0.15) is 0 Å². The zero-order valence-electron chi connectivity index (χ0n) is 10.8. The predicted molar refractivity (Wildman–Crippen MR) is 62.5 cm³/mol. The van der Waals surface area contributed by atoms with Crippen molar-refractivity contribution in [3.05, 3.63) is 0 Å². The lowest BCUT2D eigenvalue weighted by Gasteiger charge is -2.26. The molecule has 1 atom stereocenters. The molecule has 0 aromatic rings. The van der Waals surface area contributed by atoms with Crippen molar-refractivity contribution in [3.63, 3.8) is 0 Å². The predicted octanol–water partition coefficient (Wildman–Crippen LogP) is 1.95. The molecule has 0 heterocycles. The Morgan fingerprint density at radius 2 is 1.67 bits per heavy atom. The van der Waals surface area contributed by atoms with E-state index in [4.69, 9.17) is 0 Å².